The van der Waals surface area contributed by atoms with E-state index in [4.69, 9.17) is 19.3 Å². The molecule has 0 atom stereocenters. The molecule has 1 heterocycles. The van der Waals surface area contributed by atoms with Gasteiger partial charge < -0.3 is 19.3 Å². The number of carbonyl (C=O) groups is 1. The van der Waals surface area contributed by atoms with Crippen molar-refractivity contribution < 1.29 is 24.1 Å². The topological polar surface area (TPSA) is 65.0 Å². The van der Waals surface area contributed by atoms with E-state index in [2.05, 4.69) is 0 Å². The van der Waals surface area contributed by atoms with Gasteiger partial charge in [-0.05, 0) is 12.8 Å². The molecule has 5 nitrogen and oxygen atoms in total. The average Bonchev–Trinajstić information content (AvgIpc) is 2.26. The quantitative estimate of drug-likeness (QED) is 0.552. The molecule has 15 heavy (non-hydrogen) atoms. The fourth-order valence-electron chi connectivity index (χ4n) is 1.33. The van der Waals surface area contributed by atoms with Crippen LogP contribution in [-0.2, 0) is 14.2 Å². The third kappa shape index (κ3) is 5.59. The molecule has 0 spiro atoms. The number of ether oxygens (including phenoxy) is 3. The lowest BCUT2D eigenvalue weighted by molar-refractivity contribution is -0.0281. The van der Waals surface area contributed by atoms with Gasteiger partial charge in [-0.15, -0.1) is 0 Å². The molecule has 1 aliphatic rings. The lowest BCUT2D eigenvalue weighted by atomic mass is 10.2. The summed E-state index contributed by atoms with van der Waals surface area (Å²) in [7, 11) is 0. The van der Waals surface area contributed by atoms with Crippen LogP contribution in [0.4, 0.5) is 4.79 Å². The van der Waals surface area contributed by atoms with E-state index < -0.39 is 6.16 Å². The number of carbonyl (C=O) groups excluding carboxylic acids is 1. The summed E-state index contributed by atoms with van der Waals surface area (Å²) in [6.45, 7) is 1.71. The minimum atomic E-state index is -0.611. The fourth-order valence-corrected chi connectivity index (χ4v) is 1.33. The van der Waals surface area contributed by atoms with Crippen LogP contribution in [0, 0.1) is 0 Å². The molecule has 1 rings (SSSR count). The van der Waals surface area contributed by atoms with Crippen LogP contribution in [-0.4, -0.2) is 43.8 Å². The number of unbranched alkanes of at least 4 members (excludes halogenated alkanes) is 1. The molecule has 0 radical (unpaired) electrons. The highest BCUT2D eigenvalue weighted by molar-refractivity contribution is 5.60. The maximum atomic E-state index is 11.1. The summed E-state index contributed by atoms with van der Waals surface area (Å²) in [4.78, 5) is 11.1. The zero-order chi connectivity index (χ0) is 10.9. The predicted molar refractivity (Wildman–Crippen MR) is 52.6 cm³/mol. The molecule has 0 aromatic rings. The van der Waals surface area contributed by atoms with Crippen LogP contribution < -0.4 is 0 Å². The summed E-state index contributed by atoms with van der Waals surface area (Å²) in [5, 5.41) is 8.51. The van der Waals surface area contributed by atoms with Gasteiger partial charge in [-0.25, -0.2) is 4.79 Å². The Morgan fingerprint density at radius 1 is 1.33 bits per heavy atom. The first kappa shape index (κ1) is 12.3. The first-order valence-corrected chi connectivity index (χ1v) is 5.35. The summed E-state index contributed by atoms with van der Waals surface area (Å²) in [5.74, 6) is 0. The molecule has 0 amide bonds. The van der Waals surface area contributed by atoms with Crippen molar-refractivity contribution in [2.45, 2.75) is 31.8 Å². The predicted octanol–water partition coefficient (Wildman–Crippen LogP) is 1.09. The van der Waals surface area contributed by atoms with Crippen LogP contribution in [0.25, 0.3) is 0 Å². The van der Waals surface area contributed by atoms with Crippen LogP contribution in [0.15, 0.2) is 0 Å². The molecule has 1 fully saturated rings. The highest BCUT2D eigenvalue weighted by Crippen LogP contribution is 2.11. The molecular weight excluding hydrogens is 200 g/mol. The van der Waals surface area contributed by atoms with E-state index in [1.54, 1.807) is 0 Å². The third-order valence-corrected chi connectivity index (χ3v) is 2.20. The maximum Gasteiger partial charge on any atom is 0.508 e. The summed E-state index contributed by atoms with van der Waals surface area (Å²) in [5.41, 5.74) is 0. The lowest BCUT2D eigenvalue weighted by Gasteiger charge is -2.21. The molecule has 0 aliphatic carbocycles. The van der Waals surface area contributed by atoms with E-state index in [1.807, 2.05) is 0 Å². The van der Waals surface area contributed by atoms with Gasteiger partial charge in [-0.3, -0.25) is 0 Å². The minimum Gasteiger partial charge on any atom is -0.434 e. The number of aliphatic hydroxyl groups is 1. The molecule has 88 valence electrons. The Balaban J connectivity index is 2.01. The molecule has 1 aliphatic heterocycles. The van der Waals surface area contributed by atoms with Crippen molar-refractivity contribution in [3.05, 3.63) is 0 Å². The molecular formula is C10H18O5. The van der Waals surface area contributed by atoms with Crippen LogP contribution in [0.5, 0.6) is 0 Å². The van der Waals surface area contributed by atoms with Crippen molar-refractivity contribution in [2.75, 3.05) is 26.4 Å². The number of hydrogen-bond donors (Lipinski definition) is 1. The van der Waals surface area contributed by atoms with E-state index in [1.165, 1.54) is 0 Å². The van der Waals surface area contributed by atoms with Crippen molar-refractivity contribution >= 4 is 6.16 Å². The summed E-state index contributed by atoms with van der Waals surface area (Å²) < 4.78 is 15.0. The van der Waals surface area contributed by atoms with Crippen LogP contribution in [0.2, 0.25) is 0 Å². The molecule has 0 unspecified atom stereocenters. The maximum absolute atomic E-state index is 11.1. The van der Waals surface area contributed by atoms with Gasteiger partial charge in [0.15, 0.2) is 0 Å². The zero-order valence-electron chi connectivity index (χ0n) is 8.81. The van der Waals surface area contributed by atoms with Crippen molar-refractivity contribution in [3.8, 4) is 0 Å². The lowest BCUT2D eigenvalue weighted by Crippen LogP contribution is -2.26. The summed E-state index contributed by atoms with van der Waals surface area (Å²) >= 11 is 0. The normalized spacial score (nSPS) is 17.4. The smallest absolute Gasteiger partial charge is 0.434 e. The largest absolute Gasteiger partial charge is 0.508 e. The van der Waals surface area contributed by atoms with Crippen LogP contribution in [0.3, 0.4) is 0 Å². The SMILES string of the molecule is O=C(OCCCCO)OC1CCOCC1. The third-order valence-electron chi connectivity index (χ3n) is 2.20. The Morgan fingerprint density at radius 3 is 2.73 bits per heavy atom. The molecule has 5 heteroatoms. The van der Waals surface area contributed by atoms with Crippen molar-refractivity contribution in [3.63, 3.8) is 0 Å². The van der Waals surface area contributed by atoms with Crippen LogP contribution in [0.1, 0.15) is 25.7 Å². The second kappa shape index (κ2) is 7.48. The van der Waals surface area contributed by atoms with Gasteiger partial charge in [-0.1, -0.05) is 0 Å². The molecule has 0 aromatic heterocycles. The Hall–Kier alpha value is -0.810. The summed E-state index contributed by atoms with van der Waals surface area (Å²) in [6, 6.07) is 0. The van der Waals surface area contributed by atoms with E-state index in [9.17, 15) is 4.79 Å². The Morgan fingerprint density at radius 2 is 2.07 bits per heavy atom. The van der Waals surface area contributed by atoms with Crippen LogP contribution >= 0.6 is 0 Å². The van der Waals surface area contributed by atoms with E-state index in [0.717, 1.165) is 12.8 Å². The zero-order valence-corrected chi connectivity index (χ0v) is 8.81. The molecule has 0 bridgehead atoms. The van der Waals surface area contributed by atoms with Gasteiger partial charge in [-0.2, -0.15) is 0 Å². The highest BCUT2D eigenvalue weighted by atomic mass is 16.7. The fraction of sp³-hybridized carbons (Fsp3) is 0.900. The van der Waals surface area contributed by atoms with Crippen molar-refractivity contribution in [2.24, 2.45) is 0 Å². The molecule has 1 N–H and O–H groups in total. The number of rotatable bonds is 5. The van der Waals surface area contributed by atoms with Gasteiger partial charge in [0.2, 0.25) is 0 Å². The second-order valence-electron chi connectivity index (χ2n) is 3.46. The average molecular weight is 218 g/mol. The van der Waals surface area contributed by atoms with Gasteiger partial charge >= 0.3 is 6.16 Å². The standard InChI is InChI=1S/C10H18O5/c11-5-1-2-6-14-10(12)15-9-3-7-13-8-4-9/h9,11H,1-8H2. The van der Waals surface area contributed by atoms with Crippen molar-refractivity contribution in [1.29, 1.82) is 0 Å². The first-order chi connectivity index (χ1) is 7.33. The van der Waals surface area contributed by atoms with E-state index in [0.29, 0.717) is 32.7 Å². The van der Waals surface area contributed by atoms with Gasteiger partial charge in [0.25, 0.3) is 0 Å². The van der Waals surface area contributed by atoms with Gasteiger partial charge in [0.1, 0.15) is 6.10 Å². The molecule has 0 saturated carbocycles. The van der Waals surface area contributed by atoms with Gasteiger partial charge in [0, 0.05) is 19.4 Å². The Bertz CT molecular complexity index is 177. The second-order valence-corrected chi connectivity index (χ2v) is 3.46. The Labute approximate surface area is 89.3 Å². The first-order valence-electron chi connectivity index (χ1n) is 5.35. The highest BCUT2D eigenvalue weighted by Gasteiger charge is 2.18. The van der Waals surface area contributed by atoms with E-state index in [-0.39, 0.29) is 12.7 Å². The van der Waals surface area contributed by atoms with Gasteiger partial charge in [0.05, 0.1) is 19.8 Å². The number of aliphatic hydroxyl groups excluding tert-OH is 1. The summed E-state index contributed by atoms with van der Waals surface area (Å²) in [6.07, 6.45) is 2.12. The number of hydrogen-bond acceptors (Lipinski definition) is 5. The monoisotopic (exact) mass is 218 g/mol. The Kier molecular flexibility index (Phi) is 6.11. The molecule has 0 aromatic carbocycles. The molecule has 1 saturated heterocycles. The van der Waals surface area contributed by atoms with E-state index >= 15 is 0 Å². The van der Waals surface area contributed by atoms with Crippen molar-refractivity contribution in [1.82, 2.24) is 0 Å². The minimum absolute atomic E-state index is 0.0657.